The Morgan fingerprint density at radius 2 is 2.23 bits per heavy atom. The van der Waals surface area contributed by atoms with Crippen molar-refractivity contribution >= 4 is 0 Å². The zero-order valence-corrected chi connectivity index (χ0v) is 7.97. The number of hydrogen-bond donors (Lipinski definition) is 1. The normalized spacial score (nSPS) is 41.8. The first-order valence-electron chi connectivity index (χ1n) is 5.30. The second kappa shape index (κ2) is 4.38. The van der Waals surface area contributed by atoms with Crippen LogP contribution in [0, 0.1) is 11.8 Å². The summed E-state index contributed by atoms with van der Waals surface area (Å²) >= 11 is 0. The SMILES string of the molecule is FC1CCNCC1C1CCCOC1. The van der Waals surface area contributed by atoms with Gasteiger partial charge >= 0.3 is 0 Å². The minimum atomic E-state index is -0.604. The maximum absolute atomic E-state index is 13.5. The second-order valence-corrected chi connectivity index (χ2v) is 4.15. The van der Waals surface area contributed by atoms with Crippen molar-refractivity contribution in [3.05, 3.63) is 0 Å². The fourth-order valence-electron chi connectivity index (χ4n) is 2.42. The monoisotopic (exact) mass is 187 g/mol. The molecule has 2 saturated heterocycles. The van der Waals surface area contributed by atoms with Gasteiger partial charge in [-0.3, -0.25) is 0 Å². The molecular formula is C10H18FNO. The minimum absolute atomic E-state index is 0.203. The van der Waals surface area contributed by atoms with Gasteiger partial charge in [0.2, 0.25) is 0 Å². The number of rotatable bonds is 1. The van der Waals surface area contributed by atoms with Gasteiger partial charge in [0.05, 0.1) is 0 Å². The van der Waals surface area contributed by atoms with Crippen molar-refractivity contribution in [1.82, 2.24) is 5.32 Å². The Hall–Kier alpha value is -0.150. The molecule has 0 amide bonds. The van der Waals surface area contributed by atoms with Crippen molar-refractivity contribution in [3.8, 4) is 0 Å². The highest BCUT2D eigenvalue weighted by atomic mass is 19.1. The van der Waals surface area contributed by atoms with E-state index in [9.17, 15) is 4.39 Å². The van der Waals surface area contributed by atoms with Crippen molar-refractivity contribution in [3.63, 3.8) is 0 Å². The molecule has 0 radical (unpaired) electrons. The Bertz CT molecular complexity index is 159. The van der Waals surface area contributed by atoms with Crippen LogP contribution in [0.2, 0.25) is 0 Å². The molecule has 0 aromatic carbocycles. The van der Waals surface area contributed by atoms with Crippen LogP contribution < -0.4 is 5.32 Å². The van der Waals surface area contributed by atoms with Crippen LogP contribution in [0.4, 0.5) is 4.39 Å². The van der Waals surface area contributed by atoms with E-state index in [0.717, 1.165) is 39.1 Å². The Morgan fingerprint density at radius 3 is 2.92 bits per heavy atom. The fourth-order valence-corrected chi connectivity index (χ4v) is 2.42. The van der Waals surface area contributed by atoms with E-state index in [2.05, 4.69) is 5.32 Å². The van der Waals surface area contributed by atoms with Gasteiger partial charge < -0.3 is 10.1 Å². The number of piperidine rings is 1. The number of nitrogens with one attached hydrogen (secondary N) is 1. The molecule has 1 N–H and O–H groups in total. The lowest BCUT2D eigenvalue weighted by Gasteiger charge is -2.35. The van der Waals surface area contributed by atoms with Gasteiger partial charge in [0.1, 0.15) is 6.17 Å². The molecule has 13 heavy (non-hydrogen) atoms. The largest absolute Gasteiger partial charge is 0.381 e. The third kappa shape index (κ3) is 2.20. The van der Waals surface area contributed by atoms with Gasteiger partial charge in [0.15, 0.2) is 0 Å². The van der Waals surface area contributed by atoms with Gasteiger partial charge in [0.25, 0.3) is 0 Å². The van der Waals surface area contributed by atoms with Gasteiger partial charge in [-0.25, -0.2) is 4.39 Å². The fraction of sp³-hybridized carbons (Fsp3) is 1.00. The lowest BCUT2D eigenvalue weighted by Crippen LogP contribution is -2.43. The Balaban J connectivity index is 1.88. The Kier molecular flexibility index (Phi) is 3.17. The van der Waals surface area contributed by atoms with Crippen LogP contribution >= 0.6 is 0 Å². The lowest BCUT2D eigenvalue weighted by molar-refractivity contribution is 0.00246. The highest BCUT2D eigenvalue weighted by molar-refractivity contribution is 4.84. The predicted molar refractivity (Wildman–Crippen MR) is 49.4 cm³/mol. The molecule has 2 nitrogen and oxygen atoms in total. The predicted octanol–water partition coefficient (Wildman–Crippen LogP) is 1.36. The Morgan fingerprint density at radius 1 is 1.31 bits per heavy atom. The van der Waals surface area contributed by atoms with E-state index >= 15 is 0 Å². The Labute approximate surface area is 78.8 Å². The summed E-state index contributed by atoms with van der Waals surface area (Å²) in [7, 11) is 0. The zero-order valence-electron chi connectivity index (χ0n) is 7.97. The molecule has 3 heteroatoms. The summed E-state index contributed by atoms with van der Waals surface area (Å²) in [6.07, 6.45) is 2.33. The summed E-state index contributed by atoms with van der Waals surface area (Å²) in [5, 5.41) is 3.27. The molecule has 0 aliphatic carbocycles. The highest BCUT2D eigenvalue weighted by Gasteiger charge is 2.32. The van der Waals surface area contributed by atoms with Crippen LogP contribution in [0.3, 0.4) is 0 Å². The lowest BCUT2D eigenvalue weighted by atomic mass is 9.82. The smallest absolute Gasteiger partial charge is 0.106 e. The van der Waals surface area contributed by atoms with Crippen molar-refractivity contribution in [2.45, 2.75) is 25.4 Å². The van der Waals surface area contributed by atoms with E-state index in [0.29, 0.717) is 12.3 Å². The molecule has 3 atom stereocenters. The molecule has 0 bridgehead atoms. The van der Waals surface area contributed by atoms with E-state index in [1.807, 2.05) is 0 Å². The van der Waals surface area contributed by atoms with Gasteiger partial charge in [-0.1, -0.05) is 0 Å². The first-order valence-corrected chi connectivity index (χ1v) is 5.30. The third-order valence-corrected chi connectivity index (χ3v) is 3.24. The van der Waals surface area contributed by atoms with Crippen LogP contribution in [0.25, 0.3) is 0 Å². The van der Waals surface area contributed by atoms with E-state index in [1.54, 1.807) is 0 Å². The molecule has 76 valence electrons. The molecule has 2 aliphatic heterocycles. The zero-order chi connectivity index (χ0) is 9.10. The van der Waals surface area contributed by atoms with Crippen LogP contribution in [0.1, 0.15) is 19.3 Å². The van der Waals surface area contributed by atoms with Crippen molar-refractivity contribution < 1.29 is 9.13 Å². The molecule has 3 unspecified atom stereocenters. The number of hydrogen-bond acceptors (Lipinski definition) is 2. The first kappa shape index (κ1) is 9.41. The van der Waals surface area contributed by atoms with E-state index in [1.165, 1.54) is 0 Å². The average Bonchev–Trinajstić information content (AvgIpc) is 2.20. The van der Waals surface area contributed by atoms with E-state index in [4.69, 9.17) is 4.74 Å². The highest BCUT2D eigenvalue weighted by Crippen LogP contribution is 2.29. The summed E-state index contributed by atoms with van der Waals surface area (Å²) in [6.45, 7) is 3.32. The van der Waals surface area contributed by atoms with E-state index in [-0.39, 0.29) is 5.92 Å². The van der Waals surface area contributed by atoms with Gasteiger partial charge in [-0.15, -0.1) is 0 Å². The standard InChI is InChI=1S/C10H18FNO/c11-10-3-4-12-6-9(10)8-2-1-5-13-7-8/h8-10,12H,1-7H2. The summed E-state index contributed by atoms with van der Waals surface area (Å²) in [5.41, 5.74) is 0. The maximum atomic E-state index is 13.5. The molecule has 2 fully saturated rings. The number of halogens is 1. The molecule has 2 rings (SSSR count). The quantitative estimate of drug-likeness (QED) is 0.669. The van der Waals surface area contributed by atoms with Gasteiger partial charge in [-0.2, -0.15) is 0 Å². The van der Waals surface area contributed by atoms with Crippen molar-refractivity contribution in [2.24, 2.45) is 11.8 Å². The molecule has 0 aromatic rings. The van der Waals surface area contributed by atoms with E-state index < -0.39 is 6.17 Å². The first-order chi connectivity index (χ1) is 6.38. The minimum Gasteiger partial charge on any atom is -0.381 e. The molecule has 2 heterocycles. The van der Waals surface area contributed by atoms with Gasteiger partial charge in [0, 0.05) is 25.7 Å². The molecule has 0 saturated carbocycles. The summed E-state index contributed by atoms with van der Waals surface area (Å²) in [4.78, 5) is 0. The molecular weight excluding hydrogens is 169 g/mol. The van der Waals surface area contributed by atoms with Crippen LogP contribution in [-0.4, -0.2) is 32.5 Å². The molecule has 0 aromatic heterocycles. The summed E-state index contributed by atoms with van der Waals surface area (Å²) in [5.74, 6) is 0.658. The van der Waals surface area contributed by atoms with Gasteiger partial charge in [-0.05, 0) is 31.7 Å². The number of ether oxygens (including phenoxy) is 1. The maximum Gasteiger partial charge on any atom is 0.106 e. The summed E-state index contributed by atoms with van der Waals surface area (Å²) in [6, 6.07) is 0. The number of alkyl halides is 1. The topological polar surface area (TPSA) is 21.3 Å². The van der Waals surface area contributed by atoms with Crippen molar-refractivity contribution in [2.75, 3.05) is 26.3 Å². The second-order valence-electron chi connectivity index (χ2n) is 4.15. The van der Waals surface area contributed by atoms with Crippen LogP contribution in [0.15, 0.2) is 0 Å². The molecule has 0 spiro atoms. The van der Waals surface area contributed by atoms with Crippen LogP contribution in [-0.2, 0) is 4.74 Å². The van der Waals surface area contributed by atoms with Crippen LogP contribution in [0.5, 0.6) is 0 Å². The summed E-state index contributed by atoms with van der Waals surface area (Å²) < 4.78 is 18.9. The van der Waals surface area contributed by atoms with Crippen molar-refractivity contribution in [1.29, 1.82) is 0 Å². The average molecular weight is 187 g/mol. The molecule has 2 aliphatic rings. The third-order valence-electron chi connectivity index (χ3n) is 3.24.